The first-order valence-corrected chi connectivity index (χ1v) is 4.64. The molecule has 0 radical (unpaired) electrons. The summed E-state index contributed by atoms with van der Waals surface area (Å²) in [7, 11) is 0. The van der Waals surface area contributed by atoms with Crippen LogP contribution in [0.1, 0.15) is 10.4 Å². The number of nitrogens with two attached hydrogens (primary N) is 1. The van der Waals surface area contributed by atoms with Gasteiger partial charge in [0.1, 0.15) is 0 Å². The van der Waals surface area contributed by atoms with Crippen molar-refractivity contribution in [2.45, 2.75) is 0 Å². The topological polar surface area (TPSA) is 60.9 Å². The maximum absolute atomic E-state index is 10.9. The highest BCUT2D eigenvalue weighted by Gasteiger charge is 2.06. The van der Waals surface area contributed by atoms with E-state index in [-0.39, 0.29) is 0 Å². The molecule has 0 atom stereocenters. The summed E-state index contributed by atoms with van der Waals surface area (Å²) in [5.41, 5.74) is 6.29. The molecule has 1 amide bonds. The minimum atomic E-state index is -0.492. The van der Waals surface area contributed by atoms with Crippen LogP contribution in [0.2, 0.25) is 5.02 Å². The fourth-order valence-corrected chi connectivity index (χ4v) is 1.55. The van der Waals surface area contributed by atoms with E-state index in [0.717, 1.165) is 5.69 Å². The zero-order chi connectivity index (χ0) is 10.8. The van der Waals surface area contributed by atoms with Crippen molar-refractivity contribution >= 4 is 17.5 Å². The Hall–Kier alpha value is -1.81. The lowest BCUT2D eigenvalue weighted by atomic mass is 10.2. The largest absolute Gasteiger partial charge is 0.366 e. The van der Waals surface area contributed by atoms with Crippen LogP contribution in [0, 0.1) is 0 Å². The van der Waals surface area contributed by atoms with Crippen LogP contribution in [0.25, 0.3) is 5.69 Å². The Morgan fingerprint density at radius 2 is 2.27 bits per heavy atom. The molecule has 2 aromatic rings. The molecule has 1 heterocycles. The number of primary amides is 1. The van der Waals surface area contributed by atoms with E-state index >= 15 is 0 Å². The minimum absolute atomic E-state index is 0.392. The number of nitrogens with zero attached hydrogens (tertiary/aromatic N) is 2. The summed E-state index contributed by atoms with van der Waals surface area (Å²) >= 11 is 6.01. The van der Waals surface area contributed by atoms with Gasteiger partial charge in [-0.25, -0.2) is 4.98 Å². The molecule has 0 aliphatic rings. The molecule has 0 saturated heterocycles. The molecule has 0 aliphatic heterocycles. The van der Waals surface area contributed by atoms with Crippen LogP contribution in [-0.2, 0) is 0 Å². The van der Waals surface area contributed by atoms with E-state index in [1.807, 2.05) is 0 Å². The first-order valence-electron chi connectivity index (χ1n) is 4.26. The fourth-order valence-electron chi connectivity index (χ4n) is 1.27. The van der Waals surface area contributed by atoms with Crippen molar-refractivity contribution in [3.8, 4) is 5.69 Å². The molecule has 2 N–H and O–H groups in total. The molecule has 1 aromatic heterocycles. The van der Waals surface area contributed by atoms with Crippen molar-refractivity contribution in [1.29, 1.82) is 0 Å². The van der Waals surface area contributed by atoms with Gasteiger partial charge in [-0.1, -0.05) is 11.6 Å². The number of amides is 1. The molecule has 4 nitrogen and oxygen atoms in total. The molecule has 5 heteroatoms. The standard InChI is InChI=1S/C10H8ClN3O/c11-8-5-7(10(12)15)1-2-9(8)14-4-3-13-6-14/h1-6H,(H2,12,15). The molecule has 0 unspecified atom stereocenters. The Morgan fingerprint density at radius 3 is 2.80 bits per heavy atom. The van der Waals surface area contributed by atoms with Crippen LogP contribution < -0.4 is 5.73 Å². The van der Waals surface area contributed by atoms with Crippen LogP contribution in [0.3, 0.4) is 0 Å². The number of carbonyl (C=O) groups excluding carboxylic acids is 1. The monoisotopic (exact) mass is 221 g/mol. The molecule has 0 spiro atoms. The normalized spacial score (nSPS) is 10.2. The Bertz CT molecular complexity index is 493. The number of imidazole rings is 1. The predicted octanol–water partition coefficient (Wildman–Crippen LogP) is 1.62. The predicted molar refractivity (Wildman–Crippen MR) is 57.1 cm³/mol. The molecule has 0 fully saturated rings. The number of halogens is 1. The van der Waals surface area contributed by atoms with Crippen LogP contribution in [0.4, 0.5) is 0 Å². The highest BCUT2D eigenvalue weighted by atomic mass is 35.5. The van der Waals surface area contributed by atoms with E-state index < -0.39 is 5.91 Å². The maximum atomic E-state index is 10.9. The average molecular weight is 222 g/mol. The summed E-state index contributed by atoms with van der Waals surface area (Å²) in [4.78, 5) is 14.8. The summed E-state index contributed by atoms with van der Waals surface area (Å²) in [6.07, 6.45) is 5.05. The molecular weight excluding hydrogens is 214 g/mol. The van der Waals surface area contributed by atoms with E-state index in [4.69, 9.17) is 17.3 Å². The molecular formula is C10H8ClN3O. The van der Waals surface area contributed by atoms with Crippen LogP contribution in [0.15, 0.2) is 36.9 Å². The van der Waals surface area contributed by atoms with Gasteiger partial charge < -0.3 is 10.3 Å². The lowest BCUT2D eigenvalue weighted by Crippen LogP contribution is -2.10. The summed E-state index contributed by atoms with van der Waals surface area (Å²) in [6, 6.07) is 4.90. The second-order valence-corrected chi connectivity index (χ2v) is 3.41. The van der Waals surface area contributed by atoms with Crippen molar-refractivity contribution in [3.05, 3.63) is 47.5 Å². The first-order chi connectivity index (χ1) is 7.18. The van der Waals surface area contributed by atoms with E-state index in [1.54, 1.807) is 41.5 Å². The average Bonchev–Trinajstić information content (AvgIpc) is 2.70. The fraction of sp³-hybridized carbons (Fsp3) is 0. The van der Waals surface area contributed by atoms with Crippen molar-refractivity contribution in [1.82, 2.24) is 9.55 Å². The van der Waals surface area contributed by atoms with Crippen molar-refractivity contribution in [2.24, 2.45) is 5.73 Å². The van der Waals surface area contributed by atoms with E-state index in [0.29, 0.717) is 10.6 Å². The lowest BCUT2D eigenvalue weighted by Gasteiger charge is -2.05. The van der Waals surface area contributed by atoms with Gasteiger partial charge in [-0.15, -0.1) is 0 Å². The zero-order valence-corrected chi connectivity index (χ0v) is 8.48. The van der Waals surface area contributed by atoms with Gasteiger partial charge in [-0.05, 0) is 18.2 Å². The van der Waals surface area contributed by atoms with E-state index in [2.05, 4.69) is 4.98 Å². The Balaban J connectivity index is 2.48. The molecule has 0 saturated carbocycles. The Labute approximate surface area is 91.3 Å². The molecule has 15 heavy (non-hydrogen) atoms. The number of hydrogen-bond acceptors (Lipinski definition) is 2. The third-order valence-electron chi connectivity index (χ3n) is 2.01. The van der Waals surface area contributed by atoms with Gasteiger partial charge in [0, 0.05) is 18.0 Å². The van der Waals surface area contributed by atoms with Crippen molar-refractivity contribution in [2.75, 3.05) is 0 Å². The van der Waals surface area contributed by atoms with Gasteiger partial charge in [0.25, 0.3) is 0 Å². The van der Waals surface area contributed by atoms with Gasteiger partial charge in [-0.2, -0.15) is 0 Å². The number of hydrogen-bond donors (Lipinski definition) is 1. The molecule has 76 valence electrons. The highest BCUT2D eigenvalue weighted by molar-refractivity contribution is 6.32. The summed E-state index contributed by atoms with van der Waals surface area (Å²) in [5, 5.41) is 0.462. The number of rotatable bonds is 2. The lowest BCUT2D eigenvalue weighted by molar-refractivity contribution is 0.100. The maximum Gasteiger partial charge on any atom is 0.248 e. The minimum Gasteiger partial charge on any atom is -0.366 e. The second kappa shape index (κ2) is 3.74. The second-order valence-electron chi connectivity index (χ2n) is 3.00. The van der Waals surface area contributed by atoms with E-state index in [9.17, 15) is 4.79 Å². The van der Waals surface area contributed by atoms with E-state index in [1.165, 1.54) is 0 Å². The number of carbonyl (C=O) groups is 1. The van der Waals surface area contributed by atoms with Crippen LogP contribution in [0.5, 0.6) is 0 Å². The summed E-state index contributed by atoms with van der Waals surface area (Å²) in [5.74, 6) is -0.492. The Morgan fingerprint density at radius 1 is 1.47 bits per heavy atom. The smallest absolute Gasteiger partial charge is 0.248 e. The third-order valence-corrected chi connectivity index (χ3v) is 2.32. The quantitative estimate of drug-likeness (QED) is 0.838. The first kappa shape index (κ1) is 9.73. The number of benzene rings is 1. The molecule has 2 rings (SSSR count). The SMILES string of the molecule is NC(=O)c1ccc(-n2ccnc2)c(Cl)c1. The summed E-state index contributed by atoms with van der Waals surface area (Å²) in [6.45, 7) is 0. The van der Waals surface area contributed by atoms with Crippen molar-refractivity contribution < 1.29 is 4.79 Å². The van der Waals surface area contributed by atoms with Crippen LogP contribution in [-0.4, -0.2) is 15.5 Å². The van der Waals surface area contributed by atoms with Crippen LogP contribution >= 0.6 is 11.6 Å². The van der Waals surface area contributed by atoms with Gasteiger partial charge in [0.05, 0.1) is 17.0 Å². The Kier molecular flexibility index (Phi) is 2.43. The third kappa shape index (κ3) is 1.85. The molecule has 0 aliphatic carbocycles. The molecule has 1 aromatic carbocycles. The summed E-state index contributed by atoms with van der Waals surface area (Å²) < 4.78 is 1.76. The number of aromatic nitrogens is 2. The zero-order valence-electron chi connectivity index (χ0n) is 7.72. The molecule has 0 bridgehead atoms. The van der Waals surface area contributed by atoms with Gasteiger partial charge in [0.15, 0.2) is 0 Å². The highest BCUT2D eigenvalue weighted by Crippen LogP contribution is 2.21. The van der Waals surface area contributed by atoms with Crippen molar-refractivity contribution in [3.63, 3.8) is 0 Å². The van der Waals surface area contributed by atoms with Gasteiger partial charge >= 0.3 is 0 Å². The van der Waals surface area contributed by atoms with Gasteiger partial charge in [-0.3, -0.25) is 4.79 Å². The van der Waals surface area contributed by atoms with Gasteiger partial charge in [0.2, 0.25) is 5.91 Å².